The van der Waals surface area contributed by atoms with Crippen molar-refractivity contribution in [3.8, 4) is 22.7 Å². The second kappa shape index (κ2) is 8.63. The molecule has 10 heteroatoms. The highest BCUT2D eigenvalue weighted by atomic mass is 79.9. The van der Waals surface area contributed by atoms with E-state index < -0.39 is 0 Å². The highest BCUT2D eigenvalue weighted by molar-refractivity contribution is 9.10. The topological polar surface area (TPSA) is 93.8 Å². The van der Waals surface area contributed by atoms with Crippen LogP contribution in [-0.4, -0.2) is 31.8 Å². The van der Waals surface area contributed by atoms with Gasteiger partial charge in [-0.3, -0.25) is 9.78 Å². The van der Waals surface area contributed by atoms with Crippen molar-refractivity contribution >= 4 is 50.1 Å². The predicted molar refractivity (Wildman–Crippen MR) is 112 cm³/mol. The molecule has 140 valence electrons. The molecule has 0 aliphatic rings. The number of carbonyl (C=O) groups excluding carboxylic acids is 1. The van der Waals surface area contributed by atoms with E-state index in [1.54, 1.807) is 24.5 Å². The molecule has 0 radical (unpaired) electrons. The van der Waals surface area contributed by atoms with Crippen molar-refractivity contribution in [1.29, 1.82) is 0 Å². The van der Waals surface area contributed by atoms with Gasteiger partial charge in [0.2, 0.25) is 11.8 Å². The first kappa shape index (κ1) is 18.8. The van der Waals surface area contributed by atoms with E-state index in [1.807, 2.05) is 29.6 Å². The molecule has 4 rings (SSSR count). The number of aromatic nitrogens is 4. The minimum Gasteiger partial charge on any atom is -0.411 e. The van der Waals surface area contributed by atoms with Crippen molar-refractivity contribution in [2.45, 2.75) is 5.22 Å². The first-order chi connectivity index (χ1) is 13.7. The molecule has 0 bridgehead atoms. The number of carbonyl (C=O) groups is 1. The van der Waals surface area contributed by atoms with E-state index in [0.717, 1.165) is 21.3 Å². The van der Waals surface area contributed by atoms with Crippen LogP contribution in [0.2, 0.25) is 0 Å². The fraction of sp³-hybridized carbons (Fsp3) is 0.0556. The number of nitrogens with one attached hydrogen (secondary N) is 1. The van der Waals surface area contributed by atoms with Crippen molar-refractivity contribution in [3.05, 3.63) is 58.6 Å². The molecule has 3 aromatic heterocycles. The molecule has 7 nitrogen and oxygen atoms in total. The summed E-state index contributed by atoms with van der Waals surface area (Å²) >= 11 is 5.96. The van der Waals surface area contributed by atoms with Gasteiger partial charge >= 0.3 is 0 Å². The summed E-state index contributed by atoms with van der Waals surface area (Å²) in [5.74, 6) is 0.347. The van der Waals surface area contributed by atoms with Crippen LogP contribution < -0.4 is 5.32 Å². The molecule has 0 saturated carbocycles. The van der Waals surface area contributed by atoms with Gasteiger partial charge in [-0.15, -0.1) is 21.5 Å². The Morgan fingerprint density at radius 3 is 2.68 bits per heavy atom. The summed E-state index contributed by atoms with van der Waals surface area (Å²) in [6, 6.07) is 11.4. The van der Waals surface area contributed by atoms with Gasteiger partial charge in [0.05, 0.1) is 11.4 Å². The summed E-state index contributed by atoms with van der Waals surface area (Å²) in [6.45, 7) is 0. The lowest BCUT2D eigenvalue weighted by Gasteiger charge is -1.99. The van der Waals surface area contributed by atoms with E-state index in [1.165, 1.54) is 23.1 Å². The van der Waals surface area contributed by atoms with Gasteiger partial charge in [-0.2, -0.15) is 0 Å². The number of thioether (sulfide) groups is 1. The number of thiazole rings is 1. The summed E-state index contributed by atoms with van der Waals surface area (Å²) in [6.07, 6.45) is 3.30. The quantitative estimate of drug-likeness (QED) is 0.403. The lowest BCUT2D eigenvalue weighted by atomic mass is 10.2. The van der Waals surface area contributed by atoms with Crippen molar-refractivity contribution in [3.63, 3.8) is 0 Å². The van der Waals surface area contributed by atoms with Crippen molar-refractivity contribution < 1.29 is 9.21 Å². The largest absolute Gasteiger partial charge is 0.411 e. The zero-order valence-corrected chi connectivity index (χ0v) is 17.4. The van der Waals surface area contributed by atoms with Gasteiger partial charge in [0.15, 0.2) is 5.13 Å². The number of hydrogen-bond acceptors (Lipinski definition) is 8. The fourth-order valence-corrected chi connectivity index (χ4v) is 3.81. The summed E-state index contributed by atoms with van der Waals surface area (Å²) in [4.78, 5) is 20.6. The first-order valence-corrected chi connectivity index (χ1v) is 10.7. The summed E-state index contributed by atoms with van der Waals surface area (Å²) in [5, 5.41) is 13.5. The van der Waals surface area contributed by atoms with Crippen LogP contribution in [0, 0.1) is 0 Å². The Morgan fingerprint density at radius 2 is 1.89 bits per heavy atom. The van der Waals surface area contributed by atoms with Crippen molar-refractivity contribution in [2.75, 3.05) is 11.1 Å². The van der Waals surface area contributed by atoms with Gasteiger partial charge in [0.1, 0.15) is 0 Å². The van der Waals surface area contributed by atoms with Crippen LogP contribution in [-0.2, 0) is 4.79 Å². The second-order valence-electron chi connectivity index (χ2n) is 5.49. The van der Waals surface area contributed by atoms with Gasteiger partial charge in [0, 0.05) is 33.4 Å². The van der Waals surface area contributed by atoms with Crippen LogP contribution in [0.1, 0.15) is 0 Å². The molecule has 0 unspecified atom stereocenters. The van der Waals surface area contributed by atoms with Gasteiger partial charge in [-0.1, -0.05) is 39.8 Å². The number of benzene rings is 1. The summed E-state index contributed by atoms with van der Waals surface area (Å²) in [5.41, 5.74) is 2.59. The van der Waals surface area contributed by atoms with Crippen LogP contribution >= 0.6 is 39.0 Å². The zero-order valence-electron chi connectivity index (χ0n) is 14.2. The number of nitrogens with zero attached hydrogens (tertiary/aromatic N) is 4. The Morgan fingerprint density at radius 1 is 1.11 bits per heavy atom. The second-order valence-corrected chi connectivity index (χ2v) is 8.19. The Balaban J connectivity index is 1.33. The Labute approximate surface area is 176 Å². The van der Waals surface area contributed by atoms with E-state index in [9.17, 15) is 4.79 Å². The predicted octanol–water partition coefficient (Wildman–Crippen LogP) is 4.75. The zero-order chi connectivity index (χ0) is 19.3. The van der Waals surface area contributed by atoms with Crippen LogP contribution in [0.3, 0.4) is 0 Å². The first-order valence-electron chi connectivity index (χ1n) is 8.05. The average molecular weight is 474 g/mol. The number of halogens is 1. The third-order valence-corrected chi connectivity index (χ3v) is 5.66. The van der Waals surface area contributed by atoms with Gasteiger partial charge in [0.25, 0.3) is 5.22 Å². The molecule has 0 fully saturated rings. The van der Waals surface area contributed by atoms with E-state index in [-0.39, 0.29) is 11.7 Å². The van der Waals surface area contributed by atoms with Gasteiger partial charge < -0.3 is 9.73 Å². The minimum atomic E-state index is -0.189. The van der Waals surface area contributed by atoms with Crippen LogP contribution in [0.25, 0.3) is 22.7 Å². The van der Waals surface area contributed by atoms with Crippen molar-refractivity contribution in [2.24, 2.45) is 0 Å². The van der Waals surface area contributed by atoms with Crippen LogP contribution in [0.4, 0.5) is 5.13 Å². The summed E-state index contributed by atoms with van der Waals surface area (Å²) in [7, 11) is 0. The number of amides is 1. The molecule has 0 atom stereocenters. The number of pyridine rings is 1. The van der Waals surface area contributed by atoms with Crippen LogP contribution in [0.5, 0.6) is 0 Å². The molecule has 1 amide bonds. The van der Waals surface area contributed by atoms with Gasteiger partial charge in [-0.25, -0.2) is 4.98 Å². The standard InChI is InChI=1S/C18H12BrN5O2S2/c19-13-3-1-11(2-4-13)14-9-27-17(21-14)22-15(25)10-28-18-24-23-16(26-18)12-5-7-20-8-6-12/h1-9H,10H2,(H,21,22,25). The third-order valence-electron chi connectivity index (χ3n) is 3.55. The highest BCUT2D eigenvalue weighted by Gasteiger charge is 2.13. The molecule has 1 aromatic carbocycles. The summed E-state index contributed by atoms with van der Waals surface area (Å²) < 4.78 is 6.56. The molecule has 1 N–H and O–H groups in total. The highest BCUT2D eigenvalue weighted by Crippen LogP contribution is 2.27. The Kier molecular flexibility index (Phi) is 5.79. The molecule has 3 heterocycles. The van der Waals surface area contributed by atoms with E-state index in [4.69, 9.17) is 4.42 Å². The molecule has 0 saturated heterocycles. The van der Waals surface area contributed by atoms with E-state index in [2.05, 4.69) is 41.4 Å². The van der Waals surface area contributed by atoms with E-state index in [0.29, 0.717) is 16.2 Å². The minimum absolute atomic E-state index is 0.144. The number of anilines is 1. The maximum atomic E-state index is 12.2. The average Bonchev–Trinajstić information content (AvgIpc) is 3.37. The maximum absolute atomic E-state index is 12.2. The number of rotatable bonds is 6. The molecule has 0 spiro atoms. The van der Waals surface area contributed by atoms with Crippen molar-refractivity contribution in [1.82, 2.24) is 20.2 Å². The monoisotopic (exact) mass is 473 g/mol. The molecule has 28 heavy (non-hydrogen) atoms. The van der Waals surface area contributed by atoms with Gasteiger partial charge in [-0.05, 0) is 24.3 Å². The normalized spacial score (nSPS) is 10.8. The molecular formula is C18H12BrN5O2S2. The van der Waals surface area contributed by atoms with E-state index >= 15 is 0 Å². The lowest BCUT2D eigenvalue weighted by Crippen LogP contribution is -2.13. The fourth-order valence-electron chi connectivity index (χ4n) is 2.25. The Bertz CT molecular complexity index is 1080. The molecule has 4 aromatic rings. The molecule has 0 aliphatic carbocycles. The molecular weight excluding hydrogens is 462 g/mol. The third kappa shape index (κ3) is 4.64. The SMILES string of the molecule is O=C(CSc1nnc(-c2ccncc2)o1)Nc1nc(-c2ccc(Br)cc2)cs1. The smallest absolute Gasteiger partial charge is 0.277 e. The maximum Gasteiger partial charge on any atom is 0.277 e. The number of hydrogen-bond donors (Lipinski definition) is 1. The lowest BCUT2D eigenvalue weighted by molar-refractivity contribution is -0.113. The molecule has 0 aliphatic heterocycles. The van der Waals surface area contributed by atoms with Crippen LogP contribution in [0.15, 0.2) is 68.3 Å². The Hall–Kier alpha value is -2.56.